The zero-order valence-electron chi connectivity index (χ0n) is 11.9. The summed E-state index contributed by atoms with van der Waals surface area (Å²) in [7, 11) is -3.53. The Bertz CT molecular complexity index is 410. The summed E-state index contributed by atoms with van der Waals surface area (Å²) in [6, 6.07) is 0. The highest BCUT2D eigenvalue weighted by atomic mass is 32.2. The summed E-state index contributed by atoms with van der Waals surface area (Å²) in [6.07, 6.45) is 1.91. The molecular weight excluding hydrogens is 268 g/mol. The predicted molar refractivity (Wildman–Crippen MR) is 72.9 cm³/mol. The molecule has 1 aliphatic rings. The van der Waals surface area contributed by atoms with Gasteiger partial charge in [0.25, 0.3) is 10.2 Å². The molecule has 0 saturated carbocycles. The minimum atomic E-state index is -3.53. The molecule has 19 heavy (non-hydrogen) atoms. The summed E-state index contributed by atoms with van der Waals surface area (Å²) in [5, 5.41) is 8.91. The van der Waals surface area contributed by atoms with Crippen molar-refractivity contribution in [3.05, 3.63) is 0 Å². The maximum Gasteiger partial charge on any atom is 0.307 e. The molecule has 0 spiro atoms. The lowest BCUT2D eigenvalue weighted by atomic mass is 10.0. The summed E-state index contributed by atoms with van der Waals surface area (Å²) in [5.41, 5.74) is 0. The van der Waals surface area contributed by atoms with Crippen molar-refractivity contribution >= 4 is 16.2 Å². The molecule has 112 valence electrons. The van der Waals surface area contributed by atoms with Crippen LogP contribution in [0.25, 0.3) is 0 Å². The topological polar surface area (TPSA) is 77.9 Å². The first kappa shape index (κ1) is 16.4. The van der Waals surface area contributed by atoms with Crippen molar-refractivity contribution in [3.63, 3.8) is 0 Å². The van der Waals surface area contributed by atoms with E-state index in [0.717, 1.165) is 12.8 Å². The number of nitrogens with zero attached hydrogens (tertiary/aromatic N) is 2. The Hall–Kier alpha value is -0.660. The largest absolute Gasteiger partial charge is 0.481 e. The van der Waals surface area contributed by atoms with Crippen LogP contribution in [0.2, 0.25) is 0 Å². The van der Waals surface area contributed by atoms with E-state index >= 15 is 0 Å². The Morgan fingerprint density at radius 2 is 2.16 bits per heavy atom. The van der Waals surface area contributed by atoms with Gasteiger partial charge >= 0.3 is 5.97 Å². The van der Waals surface area contributed by atoms with Crippen LogP contribution in [-0.4, -0.2) is 54.3 Å². The van der Waals surface area contributed by atoms with Gasteiger partial charge in [0, 0.05) is 26.2 Å². The van der Waals surface area contributed by atoms with Crippen molar-refractivity contribution in [1.29, 1.82) is 0 Å². The Kier molecular flexibility index (Phi) is 5.76. The first-order chi connectivity index (χ1) is 8.78. The van der Waals surface area contributed by atoms with E-state index in [1.807, 2.05) is 6.92 Å². The lowest BCUT2D eigenvalue weighted by molar-refractivity contribution is -0.141. The third-order valence-corrected chi connectivity index (χ3v) is 5.57. The molecule has 2 atom stereocenters. The normalized spacial score (nSPS) is 23.5. The van der Waals surface area contributed by atoms with Gasteiger partial charge in [0.2, 0.25) is 0 Å². The second-order valence-corrected chi connectivity index (χ2v) is 7.23. The number of carboxylic acid groups (broad SMARTS) is 1. The molecule has 1 rings (SSSR count). The SMILES string of the molecule is CCN(CC(C)C(=O)O)S(=O)(=O)N1CCCC(C)C1. The van der Waals surface area contributed by atoms with Crippen LogP contribution >= 0.6 is 0 Å². The first-order valence-electron chi connectivity index (χ1n) is 6.77. The second kappa shape index (κ2) is 6.67. The molecule has 0 radical (unpaired) electrons. The molecule has 2 unspecified atom stereocenters. The van der Waals surface area contributed by atoms with E-state index in [2.05, 4.69) is 0 Å². The van der Waals surface area contributed by atoms with Crippen LogP contribution in [0.1, 0.15) is 33.6 Å². The van der Waals surface area contributed by atoms with Gasteiger partial charge in [-0.15, -0.1) is 0 Å². The van der Waals surface area contributed by atoms with Gasteiger partial charge in [-0.3, -0.25) is 4.79 Å². The molecule has 0 aliphatic carbocycles. The fourth-order valence-electron chi connectivity index (χ4n) is 2.29. The Morgan fingerprint density at radius 3 is 2.63 bits per heavy atom. The third kappa shape index (κ3) is 4.15. The average molecular weight is 292 g/mol. The number of hydrogen-bond acceptors (Lipinski definition) is 3. The quantitative estimate of drug-likeness (QED) is 0.792. The predicted octanol–water partition coefficient (Wildman–Crippen LogP) is 1.01. The molecule has 1 heterocycles. The van der Waals surface area contributed by atoms with Crippen LogP contribution in [0.15, 0.2) is 0 Å². The molecule has 0 bridgehead atoms. The van der Waals surface area contributed by atoms with Crippen molar-refractivity contribution < 1.29 is 18.3 Å². The summed E-state index contributed by atoms with van der Waals surface area (Å²) < 4.78 is 27.7. The highest BCUT2D eigenvalue weighted by molar-refractivity contribution is 7.86. The third-order valence-electron chi connectivity index (χ3n) is 3.52. The van der Waals surface area contributed by atoms with Crippen molar-refractivity contribution in [2.45, 2.75) is 33.6 Å². The lowest BCUT2D eigenvalue weighted by Gasteiger charge is -2.34. The Labute approximate surface area is 115 Å². The Morgan fingerprint density at radius 1 is 1.53 bits per heavy atom. The van der Waals surface area contributed by atoms with Crippen LogP contribution in [0.4, 0.5) is 0 Å². The first-order valence-corrected chi connectivity index (χ1v) is 8.16. The van der Waals surface area contributed by atoms with Gasteiger partial charge in [0.05, 0.1) is 5.92 Å². The van der Waals surface area contributed by atoms with Crippen LogP contribution in [0, 0.1) is 11.8 Å². The number of piperidine rings is 1. The number of hydrogen-bond donors (Lipinski definition) is 1. The standard InChI is InChI=1S/C12H24N2O4S/c1-4-13(9-11(3)12(15)16)19(17,18)14-7-5-6-10(2)8-14/h10-11H,4-9H2,1-3H3,(H,15,16). The van der Waals surface area contributed by atoms with Gasteiger partial charge in [-0.2, -0.15) is 17.0 Å². The second-order valence-electron chi connectivity index (χ2n) is 5.30. The number of carboxylic acids is 1. The van der Waals surface area contributed by atoms with Gasteiger partial charge in [-0.05, 0) is 18.8 Å². The van der Waals surface area contributed by atoms with E-state index in [4.69, 9.17) is 5.11 Å². The summed E-state index contributed by atoms with van der Waals surface area (Å²) in [6.45, 7) is 6.69. The molecule has 6 nitrogen and oxygen atoms in total. The smallest absolute Gasteiger partial charge is 0.307 e. The summed E-state index contributed by atoms with van der Waals surface area (Å²) >= 11 is 0. The van der Waals surface area contributed by atoms with E-state index in [-0.39, 0.29) is 6.54 Å². The molecule has 0 aromatic carbocycles. The summed E-state index contributed by atoms with van der Waals surface area (Å²) in [4.78, 5) is 10.9. The highest BCUT2D eigenvalue weighted by Crippen LogP contribution is 2.21. The molecule has 1 N–H and O–H groups in total. The van der Waals surface area contributed by atoms with Crippen LogP contribution in [0.5, 0.6) is 0 Å². The monoisotopic (exact) mass is 292 g/mol. The van der Waals surface area contributed by atoms with Crippen LogP contribution < -0.4 is 0 Å². The van der Waals surface area contributed by atoms with E-state index in [0.29, 0.717) is 25.6 Å². The maximum atomic E-state index is 12.5. The Balaban J connectivity index is 2.80. The van der Waals surface area contributed by atoms with Gasteiger partial charge in [0.15, 0.2) is 0 Å². The van der Waals surface area contributed by atoms with E-state index in [1.165, 1.54) is 15.5 Å². The van der Waals surface area contributed by atoms with Crippen molar-refractivity contribution in [2.75, 3.05) is 26.2 Å². The zero-order valence-corrected chi connectivity index (χ0v) is 12.7. The van der Waals surface area contributed by atoms with Crippen LogP contribution in [-0.2, 0) is 15.0 Å². The maximum absolute atomic E-state index is 12.5. The van der Waals surface area contributed by atoms with Gasteiger partial charge < -0.3 is 5.11 Å². The van der Waals surface area contributed by atoms with E-state index < -0.39 is 22.1 Å². The minimum absolute atomic E-state index is 0.0268. The minimum Gasteiger partial charge on any atom is -0.481 e. The molecule has 1 fully saturated rings. The molecular formula is C12H24N2O4S. The zero-order chi connectivity index (χ0) is 14.6. The molecule has 0 aromatic heterocycles. The fourth-order valence-corrected chi connectivity index (χ4v) is 4.16. The van der Waals surface area contributed by atoms with E-state index in [1.54, 1.807) is 6.92 Å². The number of aliphatic carboxylic acids is 1. The van der Waals surface area contributed by atoms with Crippen molar-refractivity contribution in [1.82, 2.24) is 8.61 Å². The molecule has 1 aliphatic heterocycles. The lowest BCUT2D eigenvalue weighted by Crippen LogP contribution is -2.49. The highest BCUT2D eigenvalue weighted by Gasteiger charge is 2.33. The van der Waals surface area contributed by atoms with Gasteiger partial charge in [-0.25, -0.2) is 0 Å². The number of carbonyl (C=O) groups is 1. The van der Waals surface area contributed by atoms with Crippen molar-refractivity contribution in [3.8, 4) is 0 Å². The van der Waals surface area contributed by atoms with Crippen LogP contribution in [0.3, 0.4) is 0 Å². The average Bonchev–Trinajstić information content (AvgIpc) is 2.35. The molecule has 1 saturated heterocycles. The van der Waals surface area contributed by atoms with Crippen molar-refractivity contribution in [2.24, 2.45) is 11.8 Å². The fraction of sp³-hybridized carbons (Fsp3) is 0.917. The summed E-state index contributed by atoms with van der Waals surface area (Å²) in [5.74, 6) is -1.31. The molecule has 0 aromatic rings. The van der Waals surface area contributed by atoms with Gasteiger partial charge in [0.1, 0.15) is 0 Å². The molecule has 7 heteroatoms. The molecule has 0 amide bonds. The van der Waals surface area contributed by atoms with Gasteiger partial charge in [-0.1, -0.05) is 20.8 Å². The van der Waals surface area contributed by atoms with E-state index in [9.17, 15) is 13.2 Å². The number of rotatable bonds is 6.